The van der Waals surface area contributed by atoms with Crippen LogP contribution < -0.4 is 9.47 Å². The summed E-state index contributed by atoms with van der Waals surface area (Å²) in [5.41, 5.74) is 0.674. The summed E-state index contributed by atoms with van der Waals surface area (Å²) in [5, 5.41) is 47.4. The first-order valence-electron chi connectivity index (χ1n) is 7.02. The molecule has 8 heteroatoms. The Balaban J connectivity index is 2.23. The van der Waals surface area contributed by atoms with Gasteiger partial charge in [0.2, 0.25) is 6.29 Å². The molecule has 1 heterocycles. The highest BCUT2D eigenvalue weighted by atomic mass is 16.7. The quantitative estimate of drug-likeness (QED) is 0.538. The summed E-state index contributed by atoms with van der Waals surface area (Å²) in [4.78, 5) is 0. The van der Waals surface area contributed by atoms with Gasteiger partial charge in [0.05, 0.1) is 26.2 Å². The van der Waals surface area contributed by atoms with Gasteiger partial charge in [0, 0.05) is 0 Å². The molecule has 0 saturated carbocycles. The molecule has 1 aromatic rings. The number of aliphatic hydroxyl groups excluding tert-OH is 4. The van der Waals surface area contributed by atoms with Gasteiger partial charge in [-0.2, -0.15) is 5.26 Å². The molecular formula is C15H19NO7. The Hall–Kier alpha value is -1.89. The summed E-state index contributed by atoms with van der Waals surface area (Å²) in [6.07, 6.45) is -6.71. The lowest BCUT2D eigenvalue weighted by Crippen LogP contribution is -2.60. The van der Waals surface area contributed by atoms with Crippen molar-refractivity contribution >= 4 is 0 Å². The highest BCUT2D eigenvalue weighted by molar-refractivity contribution is 5.43. The van der Waals surface area contributed by atoms with Crippen LogP contribution in [0, 0.1) is 11.3 Å². The molecule has 0 amide bonds. The van der Waals surface area contributed by atoms with Crippen molar-refractivity contribution < 1.29 is 34.6 Å². The Morgan fingerprint density at radius 2 is 1.91 bits per heavy atom. The van der Waals surface area contributed by atoms with Crippen molar-refractivity contribution in [3.8, 4) is 17.6 Å². The average Bonchev–Trinajstić information content (AvgIpc) is 2.56. The fraction of sp³-hybridized carbons (Fsp3) is 0.533. The van der Waals surface area contributed by atoms with E-state index in [1.54, 1.807) is 18.2 Å². The largest absolute Gasteiger partial charge is 0.493 e. The van der Waals surface area contributed by atoms with Crippen molar-refractivity contribution in [3.05, 3.63) is 23.8 Å². The second-order valence-corrected chi connectivity index (χ2v) is 5.14. The van der Waals surface area contributed by atoms with Crippen LogP contribution >= 0.6 is 0 Å². The van der Waals surface area contributed by atoms with Crippen molar-refractivity contribution in [2.45, 2.75) is 37.1 Å². The van der Waals surface area contributed by atoms with E-state index in [0.29, 0.717) is 11.3 Å². The van der Waals surface area contributed by atoms with Crippen LogP contribution in [0.5, 0.6) is 11.5 Å². The van der Waals surface area contributed by atoms with Crippen LogP contribution in [0.2, 0.25) is 0 Å². The highest BCUT2D eigenvalue weighted by Crippen LogP contribution is 2.32. The molecule has 0 radical (unpaired) electrons. The topological polar surface area (TPSA) is 132 Å². The van der Waals surface area contributed by atoms with Gasteiger partial charge in [0.15, 0.2) is 11.5 Å². The number of hydrogen-bond acceptors (Lipinski definition) is 8. The summed E-state index contributed by atoms with van der Waals surface area (Å²) in [6.45, 7) is -0.545. The SMILES string of the molecule is COc1ccc(CC#N)cc1O[C@@H]1O[C@H](CO)[C@@H](O)[C@H](O)[C@H]1O. The molecule has 0 aromatic heterocycles. The Morgan fingerprint density at radius 3 is 2.52 bits per heavy atom. The first-order valence-corrected chi connectivity index (χ1v) is 7.02. The Labute approximate surface area is 133 Å². The number of hydrogen-bond donors (Lipinski definition) is 4. The van der Waals surface area contributed by atoms with E-state index in [0.717, 1.165) is 0 Å². The van der Waals surface area contributed by atoms with E-state index in [-0.39, 0.29) is 12.2 Å². The molecule has 0 bridgehead atoms. The van der Waals surface area contributed by atoms with E-state index in [9.17, 15) is 20.4 Å². The van der Waals surface area contributed by atoms with Gasteiger partial charge in [0.1, 0.15) is 24.4 Å². The minimum Gasteiger partial charge on any atom is -0.493 e. The Kier molecular flexibility index (Phi) is 5.76. The molecule has 1 aromatic carbocycles. The van der Waals surface area contributed by atoms with Crippen molar-refractivity contribution in [2.75, 3.05) is 13.7 Å². The number of ether oxygens (including phenoxy) is 3. The molecule has 2 rings (SSSR count). The fourth-order valence-corrected chi connectivity index (χ4v) is 2.30. The molecule has 1 saturated heterocycles. The van der Waals surface area contributed by atoms with E-state index < -0.39 is 37.3 Å². The normalized spacial score (nSPS) is 30.5. The first kappa shape index (κ1) is 17.5. The van der Waals surface area contributed by atoms with Crippen molar-refractivity contribution in [2.24, 2.45) is 0 Å². The van der Waals surface area contributed by atoms with Gasteiger partial charge in [-0.3, -0.25) is 0 Å². The molecule has 4 N–H and O–H groups in total. The first-order chi connectivity index (χ1) is 11.0. The maximum atomic E-state index is 9.98. The molecule has 0 aliphatic carbocycles. The number of nitriles is 1. The minimum atomic E-state index is -1.53. The smallest absolute Gasteiger partial charge is 0.229 e. The van der Waals surface area contributed by atoms with Crippen LogP contribution in [0.25, 0.3) is 0 Å². The van der Waals surface area contributed by atoms with Gasteiger partial charge < -0.3 is 34.6 Å². The third-order valence-corrected chi connectivity index (χ3v) is 3.60. The van der Waals surface area contributed by atoms with Gasteiger partial charge in [-0.1, -0.05) is 6.07 Å². The van der Waals surface area contributed by atoms with Gasteiger partial charge in [-0.25, -0.2) is 0 Å². The summed E-state index contributed by atoms with van der Waals surface area (Å²) in [7, 11) is 1.43. The third-order valence-electron chi connectivity index (χ3n) is 3.60. The lowest BCUT2D eigenvalue weighted by molar-refractivity contribution is -0.277. The van der Waals surface area contributed by atoms with E-state index in [1.807, 2.05) is 6.07 Å². The number of rotatable bonds is 5. The molecule has 23 heavy (non-hydrogen) atoms. The lowest BCUT2D eigenvalue weighted by atomic mass is 9.99. The van der Waals surface area contributed by atoms with Gasteiger partial charge in [0.25, 0.3) is 0 Å². The van der Waals surface area contributed by atoms with Crippen LogP contribution in [-0.2, 0) is 11.2 Å². The second kappa shape index (κ2) is 7.59. The van der Waals surface area contributed by atoms with E-state index >= 15 is 0 Å². The predicted molar refractivity (Wildman–Crippen MR) is 76.7 cm³/mol. The average molecular weight is 325 g/mol. The zero-order valence-electron chi connectivity index (χ0n) is 12.5. The van der Waals surface area contributed by atoms with Gasteiger partial charge in [-0.15, -0.1) is 0 Å². The van der Waals surface area contributed by atoms with Crippen LogP contribution in [0.3, 0.4) is 0 Å². The molecule has 0 spiro atoms. The number of aliphatic hydroxyl groups is 4. The van der Waals surface area contributed by atoms with Crippen LogP contribution in [0.4, 0.5) is 0 Å². The van der Waals surface area contributed by atoms with Gasteiger partial charge >= 0.3 is 0 Å². The van der Waals surface area contributed by atoms with Crippen molar-refractivity contribution in [1.29, 1.82) is 5.26 Å². The minimum absolute atomic E-state index is 0.162. The molecule has 1 aliphatic heterocycles. The second-order valence-electron chi connectivity index (χ2n) is 5.14. The maximum Gasteiger partial charge on any atom is 0.229 e. The van der Waals surface area contributed by atoms with E-state index in [2.05, 4.69) is 0 Å². The summed E-state index contributed by atoms with van der Waals surface area (Å²) < 4.78 is 16.0. The van der Waals surface area contributed by atoms with Crippen LogP contribution in [0.15, 0.2) is 18.2 Å². The lowest BCUT2D eigenvalue weighted by Gasteiger charge is -2.39. The van der Waals surface area contributed by atoms with Crippen LogP contribution in [-0.4, -0.2) is 64.8 Å². The van der Waals surface area contributed by atoms with Gasteiger partial charge in [-0.05, 0) is 17.7 Å². The summed E-state index contributed by atoms with van der Waals surface area (Å²) in [5.74, 6) is 0.563. The van der Waals surface area contributed by atoms with E-state index in [4.69, 9.17) is 19.5 Å². The van der Waals surface area contributed by atoms with E-state index in [1.165, 1.54) is 7.11 Å². The molecule has 0 unspecified atom stereocenters. The van der Waals surface area contributed by atoms with Crippen molar-refractivity contribution in [1.82, 2.24) is 0 Å². The molecule has 126 valence electrons. The Morgan fingerprint density at radius 1 is 1.17 bits per heavy atom. The molecule has 1 aliphatic rings. The zero-order chi connectivity index (χ0) is 17.0. The standard InChI is InChI=1S/C15H19NO7/c1-21-9-3-2-8(4-5-16)6-10(9)22-15-14(20)13(19)12(18)11(7-17)23-15/h2-3,6,11-15,17-20H,4,7H2,1H3/t11-,12-,13+,14-,15-/m1/s1. The number of nitrogens with zero attached hydrogens (tertiary/aromatic N) is 1. The maximum absolute atomic E-state index is 9.98. The van der Waals surface area contributed by atoms with Crippen LogP contribution in [0.1, 0.15) is 5.56 Å². The monoisotopic (exact) mass is 325 g/mol. The molecule has 5 atom stereocenters. The molecule has 8 nitrogen and oxygen atoms in total. The predicted octanol–water partition coefficient (Wildman–Crippen LogP) is -1.06. The van der Waals surface area contributed by atoms with Crippen molar-refractivity contribution in [3.63, 3.8) is 0 Å². The summed E-state index contributed by atoms with van der Waals surface area (Å²) in [6, 6.07) is 6.87. The molecule has 1 fully saturated rings. The zero-order valence-corrected chi connectivity index (χ0v) is 12.5. The number of methoxy groups -OCH3 is 1. The fourth-order valence-electron chi connectivity index (χ4n) is 2.30. The Bertz CT molecular complexity index is 571. The number of benzene rings is 1. The summed E-state index contributed by atoms with van der Waals surface area (Å²) >= 11 is 0. The molecular weight excluding hydrogens is 306 g/mol. The highest BCUT2D eigenvalue weighted by Gasteiger charge is 2.44. The third kappa shape index (κ3) is 3.72.